The van der Waals surface area contributed by atoms with Crippen LogP contribution in [0.1, 0.15) is 111 Å². The number of methoxy groups -OCH3 is 2. The first kappa shape index (κ1) is 25.2. The Morgan fingerprint density at radius 3 is 1.13 bits per heavy atom. The van der Waals surface area contributed by atoms with Crippen molar-refractivity contribution in [3.8, 4) is 0 Å². The fourth-order valence-corrected chi connectivity index (χ4v) is 3.16. The van der Waals surface area contributed by atoms with Crippen molar-refractivity contribution in [2.75, 3.05) is 14.2 Å². The van der Waals surface area contributed by atoms with Crippen molar-refractivity contribution in [2.24, 2.45) is 0 Å². The third-order valence-electron chi connectivity index (χ3n) is 4.70. The Morgan fingerprint density at radius 2 is 0.826 bits per heavy atom. The third kappa shape index (κ3) is 15.2. The smallest absolute Gasteiger partial charge is 0.0832 e. The maximum atomic E-state index is 5.70. The van der Waals surface area contributed by atoms with E-state index in [2.05, 4.69) is 13.8 Å². The summed E-state index contributed by atoms with van der Waals surface area (Å²) >= 11 is 0. The summed E-state index contributed by atoms with van der Waals surface area (Å²) in [6.07, 6.45) is 19.0. The van der Waals surface area contributed by atoms with Crippen LogP contribution in [0.5, 0.6) is 0 Å². The second-order valence-electron chi connectivity index (χ2n) is 6.66. The van der Waals surface area contributed by atoms with Crippen LogP contribution < -0.4 is 0 Å². The van der Waals surface area contributed by atoms with Gasteiger partial charge >= 0.3 is 0 Å². The topological polar surface area (TPSA) is 18.5 Å². The Balaban J connectivity index is 0. The molecule has 142 valence electrons. The zero-order chi connectivity index (χ0) is 16.5. The minimum Gasteiger partial charge on any atom is -0.379 e. The highest BCUT2D eigenvalue weighted by atomic mass is 16.5. The molecule has 0 aliphatic carbocycles. The van der Waals surface area contributed by atoms with Crippen LogP contribution in [0.15, 0.2) is 0 Å². The molecule has 0 aliphatic rings. The van der Waals surface area contributed by atoms with Crippen molar-refractivity contribution < 1.29 is 9.47 Å². The van der Waals surface area contributed by atoms with E-state index < -0.39 is 0 Å². The van der Waals surface area contributed by atoms with E-state index in [0.717, 1.165) is 12.8 Å². The molecule has 0 aliphatic heterocycles. The van der Waals surface area contributed by atoms with Crippen molar-refractivity contribution >= 4 is 0 Å². The summed E-state index contributed by atoms with van der Waals surface area (Å²) in [5.41, 5.74) is 0. The standard InChI is InChI=1S/C20H42O2.CH4/c1-5-7-9-11-12-14-16-18-20(22-4)19(21-3)17-15-13-10-8-6-2;/h19-20H,5-18H2,1-4H3;1H4. The molecule has 2 nitrogen and oxygen atoms in total. The maximum Gasteiger partial charge on any atom is 0.0832 e. The molecule has 0 aromatic carbocycles. The van der Waals surface area contributed by atoms with Crippen LogP contribution in [0, 0.1) is 0 Å². The average Bonchev–Trinajstić information content (AvgIpc) is 2.54. The number of unbranched alkanes of at least 4 members (excludes halogenated alkanes) is 10. The summed E-state index contributed by atoms with van der Waals surface area (Å²) in [6.45, 7) is 4.54. The van der Waals surface area contributed by atoms with Gasteiger partial charge in [0.2, 0.25) is 0 Å². The molecule has 0 amide bonds. The van der Waals surface area contributed by atoms with Gasteiger partial charge in [-0.2, -0.15) is 0 Å². The molecule has 0 aromatic rings. The predicted octanol–water partition coefficient (Wildman–Crippen LogP) is 7.15. The van der Waals surface area contributed by atoms with Crippen molar-refractivity contribution in [1.29, 1.82) is 0 Å². The van der Waals surface area contributed by atoms with Gasteiger partial charge in [-0.3, -0.25) is 0 Å². The quantitative estimate of drug-likeness (QED) is 0.263. The minimum atomic E-state index is 0. The Kier molecular flexibility index (Phi) is 21.8. The lowest BCUT2D eigenvalue weighted by atomic mass is 9.99. The minimum absolute atomic E-state index is 0. The first-order valence-corrected chi connectivity index (χ1v) is 9.85. The zero-order valence-electron chi connectivity index (χ0n) is 15.9. The molecule has 0 aromatic heterocycles. The Bertz CT molecular complexity index is 206. The highest BCUT2D eigenvalue weighted by Crippen LogP contribution is 2.19. The first-order valence-electron chi connectivity index (χ1n) is 9.85. The first-order chi connectivity index (χ1) is 10.8. The summed E-state index contributed by atoms with van der Waals surface area (Å²) in [4.78, 5) is 0. The van der Waals surface area contributed by atoms with Gasteiger partial charge in [0.05, 0.1) is 12.2 Å². The summed E-state index contributed by atoms with van der Waals surface area (Å²) in [6, 6.07) is 0. The lowest BCUT2D eigenvalue weighted by molar-refractivity contribution is -0.0450. The average molecular weight is 331 g/mol. The van der Waals surface area contributed by atoms with Crippen molar-refractivity contribution in [3.05, 3.63) is 0 Å². The highest BCUT2D eigenvalue weighted by molar-refractivity contribution is 4.71. The van der Waals surface area contributed by atoms with Gasteiger partial charge in [0.25, 0.3) is 0 Å². The molecular formula is C21H46O2. The van der Waals surface area contributed by atoms with E-state index >= 15 is 0 Å². The fourth-order valence-electron chi connectivity index (χ4n) is 3.16. The number of rotatable bonds is 17. The molecular weight excluding hydrogens is 284 g/mol. The molecule has 0 radical (unpaired) electrons. The second kappa shape index (κ2) is 20.0. The van der Waals surface area contributed by atoms with Crippen LogP contribution in [0.4, 0.5) is 0 Å². The van der Waals surface area contributed by atoms with Crippen LogP contribution in [0.3, 0.4) is 0 Å². The molecule has 0 saturated heterocycles. The Hall–Kier alpha value is -0.0800. The van der Waals surface area contributed by atoms with E-state index in [9.17, 15) is 0 Å². The number of hydrogen-bond donors (Lipinski definition) is 0. The SMILES string of the molecule is C.CCCCCCCCCC(OC)C(CCCCCCC)OC. The maximum absolute atomic E-state index is 5.70. The molecule has 23 heavy (non-hydrogen) atoms. The van der Waals surface area contributed by atoms with Gasteiger partial charge < -0.3 is 9.47 Å². The molecule has 2 heteroatoms. The van der Waals surface area contributed by atoms with Crippen molar-refractivity contribution in [3.63, 3.8) is 0 Å². The van der Waals surface area contributed by atoms with Gasteiger partial charge in [-0.25, -0.2) is 0 Å². The van der Waals surface area contributed by atoms with Gasteiger partial charge in [-0.1, -0.05) is 98.3 Å². The molecule has 0 heterocycles. The van der Waals surface area contributed by atoms with E-state index in [0.29, 0.717) is 0 Å². The normalized spacial score (nSPS) is 13.6. The Morgan fingerprint density at radius 1 is 0.522 bits per heavy atom. The molecule has 0 N–H and O–H groups in total. The van der Waals surface area contributed by atoms with Gasteiger partial charge in [0.15, 0.2) is 0 Å². The summed E-state index contributed by atoms with van der Waals surface area (Å²) < 4.78 is 11.4. The lowest BCUT2D eigenvalue weighted by Gasteiger charge is -2.25. The third-order valence-corrected chi connectivity index (χ3v) is 4.70. The van der Waals surface area contributed by atoms with E-state index in [1.807, 2.05) is 14.2 Å². The van der Waals surface area contributed by atoms with E-state index in [1.54, 1.807) is 0 Å². The van der Waals surface area contributed by atoms with Gasteiger partial charge in [-0.05, 0) is 12.8 Å². The van der Waals surface area contributed by atoms with E-state index in [1.165, 1.54) is 77.0 Å². The molecule has 0 fully saturated rings. The number of ether oxygens (including phenoxy) is 2. The van der Waals surface area contributed by atoms with Crippen LogP contribution in [0.2, 0.25) is 0 Å². The predicted molar refractivity (Wildman–Crippen MR) is 104 cm³/mol. The lowest BCUT2D eigenvalue weighted by Crippen LogP contribution is -2.30. The van der Waals surface area contributed by atoms with Gasteiger partial charge in [0.1, 0.15) is 0 Å². The summed E-state index contributed by atoms with van der Waals surface area (Å²) in [5.74, 6) is 0. The van der Waals surface area contributed by atoms with Crippen LogP contribution >= 0.6 is 0 Å². The molecule has 2 atom stereocenters. The van der Waals surface area contributed by atoms with E-state index in [-0.39, 0.29) is 19.6 Å². The fraction of sp³-hybridized carbons (Fsp3) is 1.00. The van der Waals surface area contributed by atoms with Crippen molar-refractivity contribution in [2.45, 2.75) is 123 Å². The molecule has 2 unspecified atom stereocenters. The zero-order valence-corrected chi connectivity index (χ0v) is 15.9. The monoisotopic (exact) mass is 330 g/mol. The van der Waals surface area contributed by atoms with Gasteiger partial charge in [0, 0.05) is 14.2 Å². The summed E-state index contributed by atoms with van der Waals surface area (Å²) in [5, 5.41) is 0. The Labute approximate surface area is 147 Å². The van der Waals surface area contributed by atoms with E-state index in [4.69, 9.17) is 9.47 Å². The molecule has 0 spiro atoms. The molecule has 0 saturated carbocycles. The largest absolute Gasteiger partial charge is 0.379 e. The molecule has 0 bridgehead atoms. The van der Waals surface area contributed by atoms with Crippen LogP contribution in [-0.4, -0.2) is 26.4 Å². The highest BCUT2D eigenvalue weighted by Gasteiger charge is 2.19. The number of hydrogen-bond acceptors (Lipinski definition) is 2. The molecule has 0 rings (SSSR count). The van der Waals surface area contributed by atoms with Gasteiger partial charge in [-0.15, -0.1) is 0 Å². The second-order valence-corrected chi connectivity index (χ2v) is 6.66. The van der Waals surface area contributed by atoms with Crippen LogP contribution in [-0.2, 0) is 9.47 Å². The summed E-state index contributed by atoms with van der Waals surface area (Å²) in [7, 11) is 3.68. The van der Waals surface area contributed by atoms with Crippen LogP contribution in [0.25, 0.3) is 0 Å². The van der Waals surface area contributed by atoms with Crippen molar-refractivity contribution in [1.82, 2.24) is 0 Å².